The van der Waals surface area contributed by atoms with Crippen LogP contribution >= 0.6 is 15.9 Å². The summed E-state index contributed by atoms with van der Waals surface area (Å²) in [6.45, 7) is 0. The van der Waals surface area contributed by atoms with E-state index in [1.54, 1.807) is 6.07 Å². The van der Waals surface area contributed by atoms with E-state index in [0.717, 1.165) is 0 Å². The zero-order valence-electron chi connectivity index (χ0n) is 8.14. The van der Waals surface area contributed by atoms with Crippen molar-refractivity contribution < 1.29 is 9.50 Å². The molecule has 0 aliphatic heterocycles. The zero-order valence-corrected chi connectivity index (χ0v) is 9.73. The molecule has 0 radical (unpaired) electrons. The Bertz CT molecular complexity index is 472. The lowest BCUT2D eigenvalue weighted by atomic mass is 10.1. The predicted molar refractivity (Wildman–Crippen MR) is 60.2 cm³/mol. The highest BCUT2D eigenvalue weighted by atomic mass is 79.9. The highest BCUT2D eigenvalue weighted by Gasteiger charge is 2.13. The summed E-state index contributed by atoms with van der Waals surface area (Å²) >= 11 is 3.17. The number of aromatic nitrogens is 2. The Kier molecular flexibility index (Phi) is 3.26. The molecule has 1 unspecified atom stereocenters. The fourth-order valence-corrected chi connectivity index (χ4v) is 1.84. The van der Waals surface area contributed by atoms with Gasteiger partial charge in [0.1, 0.15) is 11.9 Å². The summed E-state index contributed by atoms with van der Waals surface area (Å²) in [7, 11) is 0. The van der Waals surface area contributed by atoms with E-state index in [4.69, 9.17) is 0 Å². The van der Waals surface area contributed by atoms with Crippen molar-refractivity contribution in [3.63, 3.8) is 0 Å². The molecule has 0 spiro atoms. The van der Waals surface area contributed by atoms with Gasteiger partial charge in [-0.05, 0) is 23.8 Å². The molecule has 2 rings (SSSR count). The van der Waals surface area contributed by atoms with Crippen LogP contribution in [0.1, 0.15) is 17.4 Å². The second-order valence-corrected chi connectivity index (χ2v) is 4.15. The first-order chi connectivity index (χ1) is 7.66. The Hall–Kier alpha value is -1.33. The molecular weight excluding hydrogens is 275 g/mol. The van der Waals surface area contributed by atoms with Gasteiger partial charge in [-0.25, -0.2) is 4.39 Å². The van der Waals surface area contributed by atoms with Crippen LogP contribution < -0.4 is 0 Å². The van der Waals surface area contributed by atoms with Crippen molar-refractivity contribution in [3.05, 3.63) is 58.3 Å². The first-order valence-electron chi connectivity index (χ1n) is 4.57. The third kappa shape index (κ3) is 2.43. The lowest BCUT2D eigenvalue weighted by Crippen LogP contribution is -2.03. The van der Waals surface area contributed by atoms with Gasteiger partial charge in [0.05, 0.1) is 11.9 Å². The van der Waals surface area contributed by atoms with E-state index in [1.165, 1.54) is 30.7 Å². The molecule has 5 heteroatoms. The minimum atomic E-state index is -0.972. The standard InChI is InChI=1S/C11H8BrFN2O/c12-8-3-7(4-9(13)5-8)11(16)10-6-14-1-2-15-10/h1-6,11,16H. The summed E-state index contributed by atoms with van der Waals surface area (Å²) in [5, 5.41) is 9.95. The fourth-order valence-electron chi connectivity index (χ4n) is 1.36. The van der Waals surface area contributed by atoms with E-state index in [1.807, 2.05) is 0 Å². The number of benzene rings is 1. The maximum Gasteiger partial charge on any atom is 0.124 e. The van der Waals surface area contributed by atoms with Gasteiger partial charge >= 0.3 is 0 Å². The zero-order chi connectivity index (χ0) is 11.5. The van der Waals surface area contributed by atoms with Crippen LogP contribution in [0.15, 0.2) is 41.3 Å². The first kappa shape index (κ1) is 11.2. The molecule has 82 valence electrons. The molecule has 1 heterocycles. The van der Waals surface area contributed by atoms with Gasteiger partial charge in [-0.15, -0.1) is 0 Å². The maximum atomic E-state index is 13.1. The molecule has 0 saturated heterocycles. The van der Waals surface area contributed by atoms with Gasteiger partial charge in [0.2, 0.25) is 0 Å². The number of halogens is 2. The number of rotatable bonds is 2. The SMILES string of the molecule is OC(c1cc(F)cc(Br)c1)c1cnccn1. The van der Waals surface area contributed by atoms with Crippen LogP contribution in [0, 0.1) is 5.82 Å². The maximum absolute atomic E-state index is 13.1. The van der Waals surface area contributed by atoms with E-state index < -0.39 is 11.9 Å². The first-order valence-corrected chi connectivity index (χ1v) is 5.36. The molecule has 0 fully saturated rings. The second kappa shape index (κ2) is 4.67. The molecule has 1 aromatic carbocycles. The average Bonchev–Trinajstić information content (AvgIpc) is 2.28. The summed E-state index contributed by atoms with van der Waals surface area (Å²) in [6, 6.07) is 4.24. The van der Waals surface area contributed by atoms with Crippen molar-refractivity contribution in [1.29, 1.82) is 0 Å². The van der Waals surface area contributed by atoms with Gasteiger partial charge in [-0.2, -0.15) is 0 Å². The third-order valence-electron chi connectivity index (χ3n) is 2.06. The predicted octanol–water partition coefficient (Wildman–Crippen LogP) is 2.46. The summed E-state index contributed by atoms with van der Waals surface area (Å²) in [5.41, 5.74) is 0.826. The number of nitrogens with zero attached hydrogens (tertiary/aromatic N) is 2. The molecule has 0 aliphatic rings. The summed E-state index contributed by atoms with van der Waals surface area (Å²) in [4.78, 5) is 7.81. The van der Waals surface area contributed by atoms with Crippen molar-refractivity contribution in [2.75, 3.05) is 0 Å². The van der Waals surface area contributed by atoms with Crippen molar-refractivity contribution in [3.8, 4) is 0 Å². The van der Waals surface area contributed by atoms with Gasteiger partial charge in [0.25, 0.3) is 0 Å². The number of hydrogen-bond donors (Lipinski definition) is 1. The molecule has 1 N–H and O–H groups in total. The van der Waals surface area contributed by atoms with E-state index in [9.17, 15) is 9.50 Å². The van der Waals surface area contributed by atoms with Gasteiger partial charge in [-0.1, -0.05) is 15.9 Å². The topological polar surface area (TPSA) is 46.0 Å². The van der Waals surface area contributed by atoms with Gasteiger partial charge in [0.15, 0.2) is 0 Å². The van der Waals surface area contributed by atoms with Crippen molar-refractivity contribution in [2.24, 2.45) is 0 Å². The number of aliphatic hydroxyl groups excluding tert-OH is 1. The summed E-state index contributed by atoms with van der Waals surface area (Å²) in [6.07, 6.45) is 3.47. The van der Waals surface area contributed by atoms with E-state index in [0.29, 0.717) is 15.7 Å². The lowest BCUT2D eigenvalue weighted by Gasteiger charge is -2.10. The molecule has 0 aliphatic carbocycles. The molecule has 1 aromatic heterocycles. The molecule has 1 atom stereocenters. The van der Waals surface area contributed by atoms with E-state index in [2.05, 4.69) is 25.9 Å². The van der Waals surface area contributed by atoms with Crippen LogP contribution in [0.2, 0.25) is 0 Å². The molecule has 3 nitrogen and oxygen atoms in total. The second-order valence-electron chi connectivity index (χ2n) is 3.24. The molecular formula is C11H8BrFN2O. The van der Waals surface area contributed by atoms with Crippen LogP contribution in [-0.4, -0.2) is 15.1 Å². The van der Waals surface area contributed by atoms with E-state index in [-0.39, 0.29) is 0 Å². The van der Waals surface area contributed by atoms with Crippen molar-refractivity contribution in [2.45, 2.75) is 6.10 Å². The lowest BCUT2D eigenvalue weighted by molar-refractivity contribution is 0.214. The number of hydrogen-bond acceptors (Lipinski definition) is 3. The van der Waals surface area contributed by atoms with Gasteiger partial charge < -0.3 is 5.11 Å². The Morgan fingerprint density at radius 2 is 2.06 bits per heavy atom. The van der Waals surface area contributed by atoms with Gasteiger partial charge in [0, 0.05) is 16.9 Å². The Labute approximate surface area is 100 Å². The van der Waals surface area contributed by atoms with Crippen LogP contribution in [0.4, 0.5) is 4.39 Å². The van der Waals surface area contributed by atoms with Crippen LogP contribution in [-0.2, 0) is 0 Å². The minimum Gasteiger partial charge on any atom is -0.382 e. The fraction of sp³-hybridized carbons (Fsp3) is 0.0909. The normalized spacial score (nSPS) is 12.4. The monoisotopic (exact) mass is 282 g/mol. The van der Waals surface area contributed by atoms with Crippen molar-refractivity contribution in [1.82, 2.24) is 9.97 Å². The number of aliphatic hydroxyl groups is 1. The smallest absolute Gasteiger partial charge is 0.124 e. The average molecular weight is 283 g/mol. The molecule has 0 saturated carbocycles. The molecule has 16 heavy (non-hydrogen) atoms. The third-order valence-corrected chi connectivity index (χ3v) is 2.52. The van der Waals surface area contributed by atoms with Crippen molar-refractivity contribution >= 4 is 15.9 Å². The Morgan fingerprint density at radius 3 is 2.69 bits per heavy atom. The van der Waals surface area contributed by atoms with Crippen LogP contribution in [0.5, 0.6) is 0 Å². The van der Waals surface area contributed by atoms with Crippen LogP contribution in [0.3, 0.4) is 0 Å². The Balaban J connectivity index is 2.37. The minimum absolute atomic E-state index is 0.389. The summed E-state index contributed by atoms with van der Waals surface area (Å²) < 4.78 is 13.7. The van der Waals surface area contributed by atoms with E-state index >= 15 is 0 Å². The molecule has 2 aromatic rings. The van der Waals surface area contributed by atoms with Gasteiger partial charge in [-0.3, -0.25) is 9.97 Å². The van der Waals surface area contributed by atoms with Crippen LogP contribution in [0.25, 0.3) is 0 Å². The molecule has 0 bridgehead atoms. The highest BCUT2D eigenvalue weighted by molar-refractivity contribution is 9.10. The molecule has 0 amide bonds. The summed E-state index contributed by atoms with van der Waals surface area (Å²) in [5.74, 6) is -0.410. The Morgan fingerprint density at radius 1 is 1.25 bits per heavy atom. The highest BCUT2D eigenvalue weighted by Crippen LogP contribution is 2.23. The quantitative estimate of drug-likeness (QED) is 0.920. The largest absolute Gasteiger partial charge is 0.382 e.